The fourth-order valence-corrected chi connectivity index (χ4v) is 4.27. The lowest BCUT2D eigenvalue weighted by atomic mass is 9.98. The number of fused-ring (bicyclic) bond motifs is 1. The van der Waals surface area contributed by atoms with Gasteiger partial charge in [0, 0.05) is 32.8 Å². The Hall–Kier alpha value is -1.85. The van der Waals surface area contributed by atoms with Gasteiger partial charge in [0.15, 0.2) is 0 Å². The van der Waals surface area contributed by atoms with E-state index in [0.717, 1.165) is 57.7 Å². The molecular formula is C21H28N2O3. The summed E-state index contributed by atoms with van der Waals surface area (Å²) in [5, 5.41) is 3.42. The first kappa shape index (κ1) is 17.6. The second-order valence-corrected chi connectivity index (χ2v) is 7.62. The van der Waals surface area contributed by atoms with Crippen molar-refractivity contribution in [3.8, 4) is 0 Å². The van der Waals surface area contributed by atoms with Crippen LogP contribution in [0, 0.1) is 11.8 Å². The average molecular weight is 356 g/mol. The summed E-state index contributed by atoms with van der Waals surface area (Å²) >= 11 is 0. The number of carbonyl (C=O) groups excluding carboxylic acids is 1. The van der Waals surface area contributed by atoms with Crippen molar-refractivity contribution in [2.45, 2.75) is 31.9 Å². The van der Waals surface area contributed by atoms with Gasteiger partial charge >= 0.3 is 6.09 Å². The molecule has 5 heteroatoms. The number of ether oxygens (including phenoxy) is 2. The first-order valence-electron chi connectivity index (χ1n) is 9.76. The van der Waals surface area contributed by atoms with Crippen LogP contribution in [-0.4, -0.2) is 49.9 Å². The highest BCUT2D eigenvalue weighted by atomic mass is 16.6. The van der Waals surface area contributed by atoms with Crippen LogP contribution in [0.4, 0.5) is 4.79 Å². The fourth-order valence-electron chi connectivity index (χ4n) is 4.27. The number of amides is 1. The van der Waals surface area contributed by atoms with Gasteiger partial charge in [0.2, 0.25) is 0 Å². The lowest BCUT2D eigenvalue weighted by molar-refractivity contribution is 0.0391. The molecule has 4 rings (SSSR count). The lowest BCUT2D eigenvalue weighted by Gasteiger charge is -2.33. The minimum absolute atomic E-state index is 0.170. The summed E-state index contributed by atoms with van der Waals surface area (Å²) in [7, 11) is 0. The number of nitrogens with zero attached hydrogens (tertiary/aromatic N) is 1. The van der Waals surface area contributed by atoms with Gasteiger partial charge in [0.05, 0.1) is 6.04 Å². The van der Waals surface area contributed by atoms with Crippen LogP contribution in [0.3, 0.4) is 0 Å². The van der Waals surface area contributed by atoms with Gasteiger partial charge in [0.1, 0.15) is 6.61 Å². The zero-order chi connectivity index (χ0) is 17.8. The van der Waals surface area contributed by atoms with Crippen molar-refractivity contribution in [3.05, 3.63) is 47.5 Å². The lowest BCUT2D eigenvalue weighted by Crippen LogP contribution is -2.43. The van der Waals surface area contributed by atoms with Gasteiger partial charge in [-0.3, -0.25) is 0 Å². The van der Waals surface area contributed by atoms with Crippen molar-refractivity contribution >= 4 is 6.09 Å². The smallest absolute Gasteiger partial charge is 0.410 e. The van der Waals surface area contributed by atoms with E-state index in [-0.39, 0.29) is 12.1 Å². The molecular weight excluding hydrogens is 328 g/mol. The largest absolute Gasteiger partial charge is 0.445 e. The molecule has 26 heavy (non-hydrogen) atoms. The summed E-state index contributed by atoms with van der Waals surface area (Å²) in [6.07, 6.45) is 5.18. The Morgan fingerprint density at radius 3 is 2.81 bits per heavy atom. The molecule has 1 N–H and O–H groups in total. The monoisotopic (exact) mass is 356 g/mol. The zero-order valence-electron chi connectivity index (χ0n) is 15.2. The van der Waals surface area contributed by atoms with E-state index >= 15 is 0 Å². The summed E-state index contributed by atoms with van der Waals surface area (Å²) in [5.41, 5.74) is 2.49. The van der Waals surface area contributed by atoms with E-state index in [1.165, 1.54) is 5.57 Å². The maximum Gasteiger partial charge on any atom is 0.410 e. The summed E-state index contributed by atoms with van der Waals surface area (Å²) in [6, 6.07) is 10.1. The Balaban J connectivity index is 1.42. The van der Waals surface area contributed by atoms with Crippen LogP contribution in [0.1, 0.15) is 24.8 Å². The standard InChI is InChI=1S/C21H28N2O3/c24-21(26-15-17-4-2-1-3-5-17)23(14-16-6-8-25-9-7-16)20-10-18-12-22-13-19(18)11-20/h1-5,10,16,19-20,22H,6-9,11-15H2/t19-,20+/m0/s1. The molecule has 3 aliphatic rings. The Morgan fingerprint density at radius 1 is 1.23 bits per heavy atom. The first-order chi connectivity index (χ1) is 12.8. The molecule has 1 aromatic rings. The molecule has 0 bridgehead atoms. The van der Waals surface area contributed by atoms with Crippen LogP contribution in [0.25, 0.3) is 0 Å². The van der Waals surface area contributed by atoms with Crippen LogP contribution in [0.5, 0.6) is 0 Å². The third-order valence-corrected chi connectivity index (χ3v) is 5.81. The molecule has 140 valence electrons. The highest BCUT2D eigenvalue weighted by molar-refractivity contribution is 5.68. The summed E-state index contributed by atoms with van der Waals surface area (Å²) < 4.78 is 11.2. The molecule has 2 atom stereocenters. The normalized spacial score (nSPS) is 25.6. The Morgan fingerprint density at radius 2 is 2.04 bits per heavy atom. The van der Waals surface area contributed by atoms with Crippen molar-refractivity contribution in [1.29, 1.82) is 0 Å². The van der Waals surface area contributed by atoms with Gasteiger partial charge < -0.3 is 19.7 Å². The number of rotatable bonds is 5. The van der Waals surface area contributed by atoms with Crippen LogP contribution in [-0.2, 0) is 16.1 Å². The molecule has 1 aliphatic carbocycles. The first-order valence-corrected chi connectivity index (χ1v) is 9.76. The van der Waals surface area contributed by atoms with E-state index in [9.17, 15) is 4.79 Å². The molecule has 0 spiro atoms. The van der Waals surface area contributed by atoms with E-state index in [2.05, 4.69) is 11.4 Å². The van der Waals surface area contributed by atoms with Gasteiger partial charge in [-0.15, -0.1) is 0 Å². The summed E-state index contributed by atoms with van der Waals surface area (Å²) in [4.78, 5) is 14.9. The van der Waals surface area contributed by atoms with Gasteiger partial charge in [-0.05, 0) is 36.7 Å². The molecule has 2 heterocycles. The summed E-state index contributed by atoms with van der Waals surface area (Å²) in [5.74, 6) is 1.09. The van der Waals surface area contributed by atoms with E-state index in [4.69, 9.17) is 9.47 Å². The SMILES string of the molecule is O=C(OCc1ccccc1)N(CC1CCOCC1)[C@@H]1C=C2CNC[C@@H]2C1. The topological polar surface area (TPSA) is 50.8 Å². The maximum absolute atomic E-state index is 12.9. The van der Waals surface area contributed by atoms with Crippen molar-refractivity contribution in [3.63, 3.8) is 0 Å². The molecule has 0 saturated carbocycles. The van der Waals surface area contributed by atoms with Crippen molar-refractivity contribution in [2.24, 2.45) is 11.8 Å². The minimum Gasteiger partial charge on any atom is -0.445 e. The van der Waals surface area contributed by atoms with E-state index in [0.29, 0.717) is 18.4 Å². The number of hydrogen-bond donors (Lipinski definition) is 1. The third-order valence-electron chi connectivity index (χ3n) is 5.81. The second kappa shape index (κ2) is 8.23. The minimum atomic E-state index is -0.185. The van der Waals surface area contributed by atoms with E-state index in [1.54, 1.807) is 0 Å². The summed E-state index contributed by atoms with van der Waals surface area (Å²) in [6.45, 7) is 4.70. The van der Waals surface area contributed by atoms with Crippen molar-refractivity contribution < 1.29 is 14.3 Å². The molecule has 1 aromatic carbocycles. The van der Waals surface area contributed by atoms with Crippen LogP contribution in [0.2, 0.25) is 0 Å². The Labute approximate surface area is 155 Å². The molecule has 1 amide bonds. The van der Waals surface area contributed by atoms with Gasteiger partial charge in [0.25, 0.3) is 0 Å². The van der Waals surface area contributed by atoms with Gasteiger partial charge in [-0.2, -0.15) is 0 Å². The quantitative estimate of drug-likeness (QED) is 0.824. The number of benzene rings is 1. The van der Waals surface area contributed by atoms with Crippen LogP contribution in [0.15, 0.2) is 42.0 Å². The van der Waals surface area contributed by atoms with Gasteiger partial charge in [-0.1, -0.05) is 42.0 Å². The number of nitrogens with one attached hydrogen (secondary N) is 1. The predicted molar refractivity (Wildman–Crippen MR) is 99.7 cm³/mol. The Kier molecular flexibility index (Phi) is 5.56. The van der Waals surface area contributed by atoms with E-state index in [1.807, 2.05) is 35.2 Å². The molecule has 2 saturated heterocycles. The zero-order valence-corrected chi connectivity index (χ0v) is 15.2. The average Bonchev–Trinajstić information content (AvgIpc) is 3.28. The molecule has 0 unspecified atom stereocenters. The second-order valence-electron chi connectivity index (χ2n) is 7.62. The maximum atomic E-state index is 12.9. The molecule has 2 fully saturated rings. The molecule has 2 aliphatic heterocycles. The van der Waals surface area contributed by atoms with Crippen LogP contribution < -0.4 is 5.32 Å². The molecule has 0 radical (unpaired) electrons. The highest BCUT2D eigenvalue weighted by Crippen LogP contribution is 2.33. The molecule has 5 nitrogen and oxygen atoms in total. The van der Waals surface area contributed by atoms with Crippen molar-refractivity contribution in [1.82, 2.24) is 10.2 Å². The number of hydrogen-bond acceptors (Lipinski definition) is 4. The van der Waals surface area contributed by atoms with Gasteiger partial charge in [-0.25, -0.2) is 4.79 Å². The predicted octanol–water partition coefficient (Wildman–Crippen LogP) is 2.97. The van der Waals surface area contributed by atoms with Crippen molar-refractivity contribution in [2.75, 3.05) is 32.8 Å². The number of carbonyl (C=O) groups is 1. The molecule has 0 aromatic heterocycles. The highest BCUT2D eigenvalue weighted by Gasteiger charge is 2.36. The van der Waals surface area contributed by atoms with Crippen LogP contribution >= 0.6 is 0 Å². The van der Waals surface area contributed by atoms with E-state index < -0.39 is 0 Å². The fraction of sp³-hybridized carbons (Fsp3) is 0.571. The Bertz CT molecular complexity index is 640. The third kappa shape index (κ3) is 4.10.